The molecule has 4 aliphatic rings. The number of nitrogens with one attached hydrogen (secondary N) is 2. The maximum Gasteiger partial charge on any atom is 0.258 e. The summed E-state index contributed by atoms with van der Waals surface area (Å²) >= 11 is 0. The Morgan fingerprint density at radius 3 is 2.36 bits per heavy atom. The molecule has 4 heterocycles. The molecule has 1 aliphatic carbocycles. The van der Waals surface area contributed by atoms with E-state index in [1.54, 1.807) is 18.2 Å². The number of amides is 1. The highest BCUT2D eigenvalue weighted by Crippen LogP contribution is 2.54. The van der Waals surface area contributed by atoms with Crippen LogP contribution >= 0.6 is 0 Å². The summed E-state index contributed by atoms with van der Waals surface area (Å²) in [6.07, 6.45) is 4.78. The molecule has 1 amide bonds. The highest BCUT2D eigenvalue weighted by atomic mass is 32.2. The number of carbonyl (C=O) groups excluding carboxylic acids is 1. The van der Waals surface area contributed by atoms with Gasteiger partial charge < -0.3 is 25.1 Å². The van der Waals surface area contributed by atoms with Gasteiger partial charge in [0.25, 0.3) is 11.8 Å². The highest BCUT2D eigenvalue weighted by molar-refractivity contribution is 7.92. The second kappa shape index (κ2) is 10.8. The molecule has 3 fully saturated rings. The number of likely N-dealkylation sites (N-methyl/N-ethyl adjacent to an activating group) is 1. The largest absolute Gasteiger partial charge is 0.395 e. The Kier molecular flexibility index (Phi) is 7.45. The number of aromatic nitrogens is 1. The number of aliphatic hydroxyl groups is 1. The second-order valence-corrected chi connectivity index (χ2v) is 14.0. The lowest BCUT2D eigenvalue weighted by atomic mass is 9.93. The number of fused-ring (bicyclic) bond motifs is 1. The summed E-state index contributed by atoms with van der Waals surface area (Å²) in [5.74, 6) is -2.52. The molecule has 0 atom stereocenters. The van der Waals surface area contributed by atoms with Crippen molar-refractivity contribution < 1.29 is 27.1 Å². The van der Waals surface area contributed by atoms with Gasteiger partial charge in [-0.25, -0.2) is 22.2 Å². The summed E-state index contributed by atoms with van der Waals surface area (Å²) in [4.78, 5) is 24.6. The maximum atomic E-state index is 13.9. The van der Waals surface area contributed by atoms with Gasteiger partial charge in [0.05, 0.1) is 35.0 Å². The fraction of sp³-hybridized carbons (Fsp3) is 0.586. The van der Waals surface area contributed by atoms with Crippen molar-refractivity contribution in [2.24, 2.45) is 5.41 Å². The van der Waals surface area contributed by atoms with Gasteiger partial charge in [0.2, 0.25) is 10.0 Å². The van der Waals surface area contributed by atoms with Crippen molar-refractivity contribution in [2.45, 2.75) is 50.9 Å². The third-order valence-electron chi connectivity index (χ3n) is 9.19. The third-order valence-corrected chi connectivity index (χ3v) is 10.5. The lowest BCUT2D eigenvalue weighted by molar-refractivity contribution is -0.0221. The van der Waals surface area contributed by atoms with Crippen LogP contribution in [-0.2, 0) is 16.4 Å². The Hall–Kier alpha value is -3.19. The van der Waals surface area contributed by atoms with Crippen LogP contribution in [0.5, 0.6) is 0 Å². The minimum atomic E-state index is -3.74. The molecule has 10 nitrogen and oxygen atoms in total. The number of benzene rings is 1. The Morgan fingerprint density at radius 2 is 1.69 bits per heavy atom. The molecule has 1 saturated carbocycles. The molecule has 0 radical (unpaired) electrons. The lowest BCUT2D eigenvalue weighted by Crippen LogP contribution is -2.40. The van der Waals surface area contributed by atoms with Crippen LogP contribution in [0.15, 0.2) is 24.3 Å². The van der Waals surface area contributed by atoms with E-state index in [1.165, 1.54) is 12.8 Å². The summed E-state index contributed by atoms with van der Waals surface area (Å²) < 4.78 is 55.0. The van der Waals surface area contributed by atoms with Crippen LogP contribution in [0, 0.1) is 5.41 Å². The van der Waals surface area contributed by atoms with E-state index in [9.17, 15) is 22.0 Å². The average Bonchev–Trinajstić information content (AvgIpc) is 3.59. The van der Waals surface area contributed by atoms with Crippen LogP contribution in [0.2, 0.25) is 0 Å². The predicted octanol–water partition coefficient (Wildman–Crippen LogP) is 3.68. The first-order valence-corrected chi connectivity index (χ1v) is 16.3. The Balaban J connectivity index is 1.29. The number of pyridine rings is 1. The molecule has 1 spiro atoms. The van der Waals surface area contributed by atoms with Crippen LogP contribution < -0.4 is 24.7 Å². The lowest BCUT2D eigenvalue weighted by Gasteiger charge is -2.35. The molecular formula is C29H38F2N6O4S. The van der Waals surface area contributed by atoms with E-state index in [1.807, 2.05) is 18.0 Å². The topological polar surface area (TPSA) is 118 Å². The van der Waals surface area contributed by atoms with Gasteiger partial charge in [-0.05, 0) is 67.3 Å². The monoisotopic (exact) mass is 604 g/mol. The van der Waals surface area contributed by atoms with E-state index in [0.29, 0.717) is 34.0 Å². The minimum Gasteiger partial charge on any atom is -0.395 e. The standard InChI is InChI=1S/C29H38F2N6O4S/c1-35-11-4-20-18-24(32-26(25(20)35)37-14-9-29(30,31)10-15-37)33-27(39)22-3-2-21(34-42(40,41)17-16-38)19-23(22)36-12-7-28(5-6-28)8-13-36/h2-3,18-19,34,38H,4-17H2,1H3,(H,32,33,39). The van der Waals surface area contributed by atoms with Crippen molar-refractivity contribution in [3.63, 3.8) is 0 Å². The number of carbonyl (C=O) groups is 1. The quantitative estimate of drug-likeness (QED) is 0.418. The smallest absolute Gasteiger partial charge is 0.258 e. The molecule has 1 aromatic carbocycles. The summed E-state index contributed by atoms with van der Waals surface area (Å²) in [6, 6.07) is 6.69. The Morgan fingerprint density at radius 1 is 1.00 bits per heavy atom. The van der Waals surface area contributed by atoms with E-state index in [-0.39, 0.29) is 31.8 Å². The Labute approximate surface area is 245 Å². The Bertz CT molecular complexity index is 1460. The summed E-state index contributed by atoms with van der Waals surface area (Å²) in [5.41, 5.74) is 3.69. The number of halogens is 2. The minimum absolute atomic E-state index is 0.186. The van der Waals surface area contributed by atoms with Gasteiger partial charge in [0.15, 0.2) is 5.82 Å². The zero-order chi connectivity index (χ0) is 29.7. The molecule has 228 valence electrons. The highest BCUT2D eigenvalue weighted by Gasteiger charge is 2.44. The molecule has 2 aromatic rings. The predicted molar refractivity (Wildman–Crippen MR) is 160 cm³/mol. The fourth-order valence-corrected chi connectivity index (χ4v) is 7.22. The molecule has 13 heteroatoms. The first-order valence-electron chi connectivity index (χ1n) is 14.7. The van der Waals surface area contributed by atoms with Gasteiger partial charge in [0.1, 0.15) is 5.82 Å². The van der Waals surface area contributed by atoms with Crippen molar-refractivity contribution in [1.29, 1.82) is 0 Å². The molecular weight excluding hydrogens is 566 g/mol. The second-order valence-electron chi connectivity index (χ2n) is 12.2. The molecule has 3 aliphatic heterocycles. The molecule has 0 bridgehead atoms. The number of alkyl halides is 2. The normalized spacial score (nSPS) is 20.9. The van der Waals surface area contributed by atoms with Crippen molar-refractivity contribution in [1.82, 2.24) is 4.98 Å². The summed E-state index contributed by atoms with van der Waals surface area (Å²) in [5, 5.41) is 12.1. The molecule has 42 heavy (non-hydrogen) atoms. The van der Waals surface area contributed by atoms with Gasteiger partial charge in [-0.3, -0.25) is 9.52 Å². The molecule has 3 N–H and O–H groups in total. The first-order chi connectivity index (χ1) is 20.0. The first kappa shape index (κ1) is 28.9. The van der Waals surface area contributed by atoms with Crippen molar-refractivity contribution in [3.05, 3.63) is 35.4 Å². The van der Waals surface area contributed by atoms with Gasteiger partial charge in [-0.2, -0.15) is 0 Å². The maximum absolute atomic E-state index is 13.9. The van der Waals surface area contributed by atoms with Crippen LogP contribution in [0.25, 0.3) is 0 Å². The average molecular weight is 605 g/mol. The number of aliphatic hydroxyl groups excluding tert-OH is 1. The van der Waals surface area contributed by atoms with E-state index >= 15 is 0 Å². The van der Waals surface area contributed by atoms with Crippen molar-refractivity contribution in [3.8, 4) is 0 Å². The molecule has 2 saturated heterocycles. The van der Waals surface area contributed by atoms with Crippen LogP contribution in [-0.4, -0.2) is 82.5 Å². The van der Waals surface area contributed by atoms with Gasteiger partial charge in [-0.15, -0.1) is 0 Å². The molecule has 1 aromatic heterocycles. The number of nitrogens with zero attached hydrogens (tertiary/aromatic N) is 4. The zero-order valence-electron chi connectivity index (χ0n) is 23.8. The molecule has 0 unspecified atom stereocenters. The summed E-state index contributed by atoms with van der Waals surface area (Å²) in [7, 11) is -1.78. The number of hydrogen-bond donors (Lipinski definition) is 3. The van der Waals surface area contributed by atoms with E-state index < -0.39 is 28.3 Å². The zero-order valence-corrected chi connectivity index (χ0v) is 24.7. The number of anilines is 5. The molecule has 6 rings (SSSR count). The van der Waals surface area contributed by atoms with Crippen LogP contribution in [0.3, 0.4) is 0 Å². The third kappa shape index (κ3) is 5.98. The summed E-state index contributed by atoms with van der Waals surface area (Å²) in [6.45, 7) is 2.18. The number of piperidine rings is 2. The van der Waals surface area contributed by atoms with Crippen molar-refractivity contribution >= 4 is 44.6 Å². The van der Waals surface area contributed by atoms with Gasteiger partial charge in [0, 0.05) is 52.6 Å². The van der Waals surface area contributed by atoms with Gasteiger partial charge >= 0.3 is 0 Å². The van der Waals surface area contributed by atoms with Crippen molar-refractivity contribution in [2.75, 3.05) is 76.9 Å². The van der Waals surface area contributed by atoms with E-state index in [4.69, 9.17) is 10.1 Å². The SMILES string of the molecule is CN1CCc2cc(NC(=O)c3ccc(NS(=O)(=O)CCO)cc3N3CCC4(CC3)CC4)nc(N3CCC(F)(F)CC3)c21. The number of rotatable bonds is 8. The van der Waals surface area contributed by atoms with Crippen LogP contribution in [0.1, 0.15) is 54.4 Å². The van der Waals surface area contributed by atoms with E-state index in [0.717, 1.165) is 50.1 Å². The number of sulfonamides is 1. The van der Waals surface area contributed by atoms with Crippen LogP contribution in [0.4, 0.5) is 37.5 Å². The van der Waals surface area contributed by atoms with Gasteiger partial charge in [-0.1, -0.05) is 0 Å². The number of hydrogen-bond acceptors (Lipinski definition) is 8. The fourth-order valence-electron chi connectivity index (χ4n) is 6.39. The van der Waals surface area contributed by atoms with E-state index in [2.05, 4.69) is 19.8 Å².